The van der Waals surface area contributed by atoms with Crippen LogP contribution in [0.25, 0.3) is 5.65 Å². The number of benzene rings is 2. The molecule has 30 heavy (non-hydrogen) atoms. The summed E-state index contributed by atoms with van der Waals surface area (Å²) in [6.07, 6.45) is 0.226. The predicted octanol–water partition coefficient (Wildman–Crippen LogP) is 4.47. The minimum absolute atomic E-state index is 0.106. The van der Waals surface area contributed by atoms with E-state index >= 15 is 0 Å². The molecule has 4 aromatic rings. The van der Waals surface area contributed by atoms with Gasteiger partial charge in [-0.2, -0.15) is 0 Å². The summed E-state index contributed by atoms with van der Waals surface area (Å²) in [7, 11) is 0. The van der Waals surface area contributed by atoms with Gasteiger partial charge in [-0.1, -0.05) is 66.7 Å². The van der Waals surface area contributed by atoms with Crippen molar-refractivity contribution in [2.45, 2.75) is 26.2 Å². The molecule has 0 saturated heterocycles. The Hall–Kier alpha value is -3.73. The van der Waals surface area contributed by atoms with Gasteiger partial charge in [-0.15, -0.1) is 0 Å². The van der Waals surface area contributed by atoms with Crippen molar-refractivity contribution >= 4 is 17.2 Å². The number of carbonyl (C=O) groups excluding carboxylic acids is 1. The molecule has 0 radical (unpaired) electrons. The van der Waals surface area contributed by atoms with Gasteiger partial charge >= 0.3 is 0 Å². The largest absolute Gasteiger partial charge is 0.320 e. The van der Waals surface area contributed by atoms with Gasteiger partial charge in [0.25, 0.3) is 5.56 Å². The van der Waals surface area contributed by atoms with E-state index in [-0.39, 0.29) is 29.5 Å². The van der Waals surface area contributed by atoms with E-state index in [2.05, 4.69) is 10.3 Å². The summed E-state index contributed by atoms with van der Waals surface area (Å²) in [5.74, 6) is -0.325. The Labute approximate surface area is 175 Å². The molecule has 5 nitrogen and oxygen atoms in total. The van der Waals surface area contributed by atoms with Crippen LogP contribution in [0.2, 0.25) is 0 Å². The van der Waals surface area contributed by atoms with Gasteiger partial charge in [0, 0.05) is 18.0 Å². The van der Waals surface area contributed by atoms with E-state index in [0.717, 1.165) is 16.8 Å². The number of aromatic nitrogens is 2. The number of amides is 1. The van der Waals surface area contributed by atoms with Gasteiger partial charge in [0.1, 0.15) is 11.3 Å². The molecule has 0 unspecified atom stereocenters. The zero-order chi connectivity index (χ0) is 21.1. The minimum Gasteiger partial charge on any atom is -0.320 e. The Kier molecular flexibility index (Phi) is 5.44. The lowest BCUT2D eigenvalue weighted by atomic mass is 9.88. The SMILES string of the molecule is Cc1nc2cccc(C)n2c(=O)c1NC(=O)CC(c1ccccc1)c1ccccc1. The summed E-state index contributed by atoms with van der Waals surface area (Å²) >= 11 is 0. The topological polar surface area (TPSA) is 63.5 Å². The molecule has 1 N–H and O–H groups in total. The Morgan fingerprint density at radius 2 is 1.50 bits per heavy atom. The first kappa shape index (κ1) is 19.6. The van der Waals surface area contributed by atoms with Crippen LogP contribution in [-0.2, 0) is 4.79 Å². The van der Waals surface area contributed by atoms with E-state index in [1.54, 1.807) is 13.0 Å². The lowest BCUT2D eigenvalue weighted by Gasteiger charge is -2.18. The smallest absolute Gasteiger partial charge is 0.282 e. The molecule has 0 bridgehead atoms. The first-order valence-corrected chi connectivity index (χ1v) is 9.93. The number of fused-ring (bicyclic) bond motifs is 1. The van der Waals surface area contributed by atoms with Crippen molar-refractivity contribution in [2.24, 2.45) is 0 Å². The molecule has 4 rings (SSSR count). The number of aryl methyl sites for hydroxylation is 2. The fraction of sp³-hybridized carbons (Fsp3) is 0.160. The Morgan fingerprint density at radius 1 is 0.900 bits per heavy atom. The fourth-order valence-corrected chi connectivity index (χ4v) is 3.77. The molecule has 150 valence electrons. The van der Waals surface area contributed by atoms with Crippen LogP contribution in [0.15, 0.2) is 83.7 Å². The van der Waals surface area contributed by atoms with Gasteiger partial charge in [-0.3, -0.25) is 14.0 Å². The summed E-state index contributed by atoms with van der Waals surface area (Å²) in [6.45, 7) is 3.59. The van der Waals surface area contributed by atoms with Gasteiger partial charge < -0.3 is 5.32 Å². The maximum Gasteiger partial charge on any atom is 0.282 e. The van der Waals surface area contributed by atoms with Crippen LogP contribution in [-0.4, -0.2) is 15.3 Å². The third kappa shape index (κ3) is 3.87. The first-order valence-electron chi connectivity index (χ1n) is 9.93. The van der Waals surface area contributed by atoms with Crippen molar-refractivity contribution in [3.05, 3.63) is 112 Å². The number of anilines is 1. The molecule has 0 aliphatic rings. The first-order chi connectivity index (χ1) is 14.5. The number of carbonyl (C=O) groups is 1. The molecule has 2 aromatic carbocycles. The monoisotopic (exact) mass is 397 g/mol. The summed E-state index contributed by atoms with van der Waals surface area (Å²) < 4.78 is 1.52. The lowest BCUT2D eigenvalue weighted by molar-refractivity contribution is -0.116. The third-order valence-electron chi connectivity index (χ3n) is 5.28. The van der Waals surface area contributed by atoms with Crippen LogP contribution in [0.1, 0.15) is 34.9 Å². The van der Waals surface area contributed by atoms with E-state index in [1.807, 2.05) is 79.7 Å². The Balaban J connectivity index is 1.66. The highest BCUT2D eigenvalue weighted by molar-refractivity contribution is 5.92. The summed E-state index contributed by atoms with van der Waals surface area (Å²) in [4.78, 5) is 30.5. The zero-order valence-electron chi connectivity index (χ0n) is 17.0. The minimum atomic E-state index is -0.264. The lowest BCUT2D eigenvalue weighted by Crippen LogP contribution is -2.26. The molecule has 1 amide bonds. The van der Waals surface area contributed by atoms with Crippen molar-refractivity contribution in [1.29, 1.82) is 0 Å². The van der Waals surface area contributed by atoms with Crippen molar-refractivity contribution in [3.8, 4) is 0 Å². The van der Waals surface area contributed by atoms with Crippen molar-refractivity contribution in [1.82, 2.24) is 9.38 Å². The number of nitrogens with zero attached hydrogens (tertiary/aromatic N) is 2. The molecular formula is C25H23N3O2. The van der Waals surface area contributed by atoms with Crippen LogP contribution in [0.4, 0.5) is 5.69 Å². The number of nitrogens with one attached hydrogen (secondary N) is 1. The number of pyridine rings is 1. The third-order valence-corrected chi connectivity index (χ3v) is 5.28. The van der Waals surface area contributed by atoms with Gasteiger partial charge in [-0.05, 0) is 37.1 Å². The van der Waals surface area contributed by atoms with Crippen molar-refractivity contribution in [2.75, 3.05) is 5.32 Å². The van der Waals surface area contributed by atoms with Crippen molar-refractivity contribution < 1.29 is 4.79 Å². The number of hydrogen-bond acceptors (Lipinski definition) is 3. The van der Waals surface area contributed by atoms with Crippen LogP contribution in [0.3, 0.4) is 0 Å². The fourth-order valence-electron chi connectivity index (χ4n) is 3.77. The highest BCUT2D eigenvalue weighted by Gasteiger charge is 2.20. The molecule has 0 aliphatic heterocycles. The van der Waals surface area contributed by atoms with E-state index in [1.165, 1.54) is 4.40 Å². The second-order valence-corrected chi connectivity index (χ2v) is 7.36. The van der Waals surface area contributed by atoms with Gasteiger partial charge in [0.05, 0.1) is 5.69 Å². The van der Waals surface area contributed by atoms with Crippen LogP contribution >= 0.6 is 0 Å². The molecule has 0 fully saturated rings. The summed E-state index contributed by atoms with van der Waals surface area (Å²) in [5, 5.41) is 2.83. The van der Waals surface area contributed by atoms with Crippen LogP contribution in [0.5, 0.6) is 0 Å². The standard InChI is InChI=1S/C25H23N3O2/c1-17-10-9-15-22-26-18(2)24(25(30)28(17)22)27-23(29)16-21(19-11-5-3-6-12-19)20-13-7-4-8-14-20/h3-15,21H,16H2,1-2H3,(H,27,29). The molecule has 2 aromatic heterocycles. The summed E-state index contributed by atoms with van der Waals surface area (Å²) in [6, 6.07) is 25.4. The second-order valence-electron chi connectivity index (χ2n) is 7.36. The molecule has 5 heteroatoms. The summed E-state index contributed by atoms with van der Waals surface area (Å²) in [5.41, 5.74) is 3.93. The average Bonchev–Trinajstić information content (AvgIpc) is 2.76. The van der Waals surface area contributed by atoms with Gasteiger partial charge in [0.15, 0.2) is 0 Å². The molecule has 2 heterocycles. The molecule has 0 spiro atoms. The van der Waals surface area contributed by atoms with Crippen molar-refractivity contribution in [3.63, 3.8) is 0 Å². The molecule has 0 atom stereocenters. The highest BCUT2D eigenvalue weighted by atomic mass is 16.2. The molecular weight excluding hydrogens is 374 g/mol. The quantitative estimate of drug-likeness (QED) is 0.540. The maximum absolute atomic E-state index is 13.0. The highest BCUT2D eigenvalue weighted by Crippen LogP contribution is 2.28. The molecule has 0 aliphatic carbocycles. The molecule has 0 saturated carbocycles. The van der Waals surface area contributed by atoms with Crippen LogP contribution in [0, 0.1) is 13.8 Å². The van der Waals surface area contributed by atoms with Crippen LogP contribution < -0.4 is 10.9 Å². The second kappa shape index (κ2) is 8.33. The van der Waals surface area contributed by atoms with E-state index in [4.69, 9.17) is 0 Å². The van der Waals surface area contributed by atoms with E-state index < -0.39 is 0 Å². The Morgan fingerprint density at radius 3 is 2.10 bits per heavy atom. The predicted molar refractivity (Wildman–Crippen MR) is 119 cm³/mol. The maximum atomic E-state index is 13.0. The van der Waals surface area contributed by atoms with E-state index in [0.29, 0.717) is 11.3 Å². The number of rotatable bonds is 5. The average molecular weight is 397 g/mol. The Bertz CT molecular complexity index is 1210. The normalized spacial score (nSPS) is 11.0. The zero-order valence-corrected chi connectivity index (χ0v) is 17.0. The van der Waals surface area contributed by atoms with Gasteiger partial charge in [0.2, 0.25) is 5.91 Å². The van der Waals surface area contributed by atoms with E-state index in [9.17, 15) is 9.59 Å². The van der Waals surface area contributed by atoms with Gasteiger partial charge in [-0.25, -0.2) is 4.98 Å². The number of hydrogen-bond donors (Lipinski definition) is 1.